The van der Waals surface area contributed by atoms with Crippen molar-refractivity contribution >= 4 is 20.2 Å². The third-order valence-corrected chi connectivity index (χ3v) is 4.79. The van der Waals surface area contributed by atoms with E-state index in [9.17, 15) is 14.2 Å². The first kappa shape index (κ1) is 23.0. The van der Waals surface area contributed by atoms with Gasteiger partial charge >= 0.3 is 20.2 Å². The molecule has 8 heteroatoms. The predicted molar refractivity (Wildman–Crippen MR) is 113 cm³/mol. The fourth-order valence-electron chi connectivity index (χ4n) is 2.59. The lowest BCUT2D eigenvalue weighted by atomic mass is 10.1. The number of benzene rings is 2. The highest BCUT2D eigenvalue weighted by Gasteiger charge is 2.19. The zero-order valence-electron chi connectivity index (χ0n) is 16.7. The predicted octanol–water partition coefficient (Wildman–Crippen LogP) is 5.11. The number of carbonyl (C=O) groups is 2. The monoisotopic (exact) mass is 430 g/mol. The van der Waals surface area contributed by atoms with Crippen LogP contribution in [0.4, 0.5) is 0 Å². The third kappa shape index (κ3) is 6.36. The molecule has 0 spiro atoms. The summed E-state index contributed by atoms with van der Waals surface area (Å²) < 4.78 is 34.0. The second-order valence-electron chi connectivity index (χ2n) is 6.10. The van der Waals surface area contributed by atoms with E-state index in [1.807, 2.05) is 0 Å². The van der Waals surface area contributed by atoms with Gasteiger partial charge in [-0.1, -0.05) is 49.6 Å². The van der Waals surface area contributed by atoms with Gasteiger partial charge in [-0.15, -0.1) is 0 Å². The quantitative estimate of drug-likeness (QED) is 0.294. The molecule has 0 aliphatic heterocycles. The van der Waals surface area contributed by atoms with Crippen LogP contribution in [0.25, 0.3) is 0 Å². The molecule has 2 rings (SSSR count). The summed E-state index contributed by atoms with van der Waals surface area (Å²) in [6, 6.07) is 13.4. The van der Waals surface area contributed by atoms with Crippen molar-refractivity contribution in [3.63, 3.8) is 0 Å². The molecule has 0 aliphatic rings. The first-order valence-electron chi connectivity index (χ1n) is 9.09. The largest absolute Gasteiger partial charge is 0.454 e. The van der Waals surface area contributed by atoms with E-state index >= 15 is 0 Å². The molecular formula is C22H23O7P. The zero-order chi connectivity index (χ0) is 22.1. The van der Waals surface area contributed by atoms with E-state index in [4.69, 9.17) is 18.5 Å². The van der Waals surface area contributed by atoms with E-state index in [0.717, 1.165) is 12.2 Å². The van der Waals surface area contributed by atoms with Crippen molar-refractivity contribution in [1.29, 1.82) is 0 Å². The molecular weight excluding hydrogens is 407 g/mol. The van der Waals surface area contributed by atoms with Gasteiger partial charge in [-0.25, -0.2) is 14.2 Å². The van der Waals surface area contributed by atoms with Gasteiger partial charge in [-0.05, 0) is 26.0 Å². The normalized spacial score (nSPS) is 13.3. The minimum absolute atomic E-state index is 0.259. The Bertz CT molecular complexity index is 879. The summed E-state index contributed by atoms with van der Waals surface area (Å²) in [7, 11) is -3.04. The summed E-state index contributed by atoms with van der Waals surface area (Å²) in [6.45, 7) is 10.0. The average molecular weight is 430 g/mol. The maximum Gasteiger partial charge on any atom is 0.418 e. The second-order valence-corrected chi connectivity index (χ2v) is 7.00. The molecule has 0 aliphatic carbocycles. The number of ether oxygens (including phenoxy) is 2. The number of hydrogen-bond donors (Lipinski definition) is 0. The van der Waals surface area contributed by atoms with Crippen molar-refractivity contribution in [2.75, 3.05) is 0 Å². The van der Waals surface area contributed by atoms with Crippen LogP contribution in [-0.4, -0.2) is 11.9 Å². The number of para-hydroxylation sites is 2. The number of hydrogen-bond acceptors (Lipinski definition) is 7. The first-order chi connectivity index (χ1) is 14.3. The van der Waals surface area contributed by atoms with Crippen LogP contribution in [0.5, 0.6) is 11.5 Å². The van der Waals surface area contributed by atoms with Crippen LogP contribution in [0.1, 0.15) is 37.2 Å². The maximum absolute atomic E-state index is 12.6. The Morgan fingerprint density at radius 3 is 1.53 bits per heavy atom. The number of esters is 2. The molecule has 0 N–H and O–H groups in total. The summed E-state index contributed by atoms with van der Waals surface area (Å²) in [6.07, 6.45) is 0.825. The molecule has 2 unspecified atom stereocenters. The molecule has 0 saturated heterocycles. The van der Waals surface area contributed by atoms with E-state index in [1.54, 1.807) is 62.4 Å². The molecule has 0 aromatic heterocycles. The fraction of sp³-hybridized carbons (Fsp3) is 0.182. The number of carbonyl (C=O) groups excluding carboxylic acids is 2. The molecule has 2 atom stereocenters. The van der Waals surface area contributed by atoms with Gasteiger partial charge in [0.25, 0.3) is 0 Å². The van der Waals surface area contributed by atoms with E-state index in [2.05, 4.69) is 13.2 Å². The minimum Gasteiger partial charge on any atom is -0.454 e. The van der Waals surface area contributed by atoms with Crippen LogP contribution >= 0.6 is 8.25 Å². The molecule has 2 aromatic rings. The summed E-state index contributed by atoms with van der Waals surface area (Å²) in [4.78, 5) is 22.9. The highest BCUT2D eigenvalue weighted by Crippen LogP contribution is 2.38. The van der Waals surface area contributed by atoms with Crippen molar-refractivity contribution in [1.82, 2.24) is 0 Å². The third-order valence-electron chi connectivity index (χ3n) is 4.02. The topological polar surface area (TPSA) is 88.1 Å². The van der Waals surface area contributed by atoms with Gasteiger partial charge in [-0.3, -0.25) is 0 Å². The van der Waals surface area contributed by atoms with Crippen LogP contribution in [0.15, 0.2) is 73.8 Å². The van der Waals surface area contributed by atoms with Crippen molar-refractivity contribution in [2.24, 2.45) is 0 Å². The summed E-state index contributed by atoms with van der Waals surface area (Å²) >= 11 is 0. The molecule has 0 bridgehead atoms. The molecule has 158 valence electrons. The van der Waals surface area contributed by atoms with E-state index in [0.29, 0.717) is 11.1 Å². The molecule has 7 nitrogen and oxygen atoms in total. The first-order valence-corrected chi connectivity index (χ1v) is 10.3. The zero-order valence-corrected chi connectivity index (χ0v) is 17.7. The fourth-order valence-corrected chi connectivity index (χ4v) is 3.36. The molecule has 0 amide bonds. The molecule has 0 radical (unpaired) electrons. The van der Waals surface area contributed by atoms with Gasteiger partial charge in [0, 0.05) is 23.3 Å². The van der Waals surface area contributed by atoms with Crippen molar-refractivity contribution < 1.29 is 32.7 Å². The summed E-state index contributed by atoms with van der Waals surface area (Å²) in [5.74, 6) is -0.653. The molecule has 30 heavy (non-hydrogen) atoms. The van der Waals surface area contributed by atoms with Crippen molar-refractivity contribution in [3.8, 4) is 11.5 Å². The number of rotatable bonds is 10. The van der Waals surface area contributed by atoms with Crippen LogP contribution in [0, 0.1) is 0 Å². The van der Waals surface area contributed by atoms with Crippen LogP contribution in [0.3, 0.4) is 0 Å². The van der Waals surface area contributed by atoms with E-state index < -0.39 is 32.4 Å². The Labute approximate surface area is 175 Å². The lowest BCUT2D eigenvalue weighted by Crippen LogP contribution is -2.08. The SMILES string of the molecule is C=CC(=O)OC(C)c1ccccc1O[PH](=O)Oc1ccccc1C(C)OC(=O)C=C. The summed E-state index contributed by atoms with van der Waals surface area (Å²) in [5, 5.41) is 0. The van der Waals surface area contributed by atoms with Crippen LogP contribution < -0.4 is 9.05 Å². The van der Waals surface area contributed by atoms with Crippen molar-refractivity contribution in [2.45, 2.75) is 26.1 Å². The Hall–Kier alpha value is -3.31. The Morgan fingerprint density at radius 2 is 1.17 bits per heavy atom. The van der Waals surface area contributed by atoms with Gasteiger partial charge in [0.05, 0.1) is 0 Å². The van der Waals surface area contributed by atoms with Crippen LogP contribution in [-0.2, 0) is 23.6 Å². The van der Waals surface area contributed by atoms with Gasteiger partial charge in [0.15, 0.2) is 0 Å². The van der Waals surface area contributed by atoms with Gasteiger partial charge < -0.3 is 18.5 Å². The average Bonchev–Trinajstić information content (AvgIpc) is 2.74. The Kier molecular flexibility index (Phi) is 8.44. The molecule has 0 heterocycles. The Balaban J connectivity index is 2.16. The highest BCUT2D eigenvalue weighted by molar-refractivity contribution is 7.34. The van der Waals surface area contributed by atoms with Gasteiger partial charge in [0.1, 0.15) is 23.7 Å². The lowest BCUT2D eigenvalue weighted by Gasteiger charge is -2.19. The molecule has 0 saturated carbocycles. The molecule has 0 fully saturated rings. The summed E-state index contributed by atoms with van der Waals surface area (Å²) in [5.41, 5.74) is 1.05. The standard InChI is InChI=1S/C22H23O7P/c1-5-21(23)26-15(3)17-11-7-9-13-19(17)28-30(25)29-20-14-10-8-12-18(20)16(4)27-22(24)6-2/h5-16,30H,1-2H2,3-4H3. The highest BCUT2D eigenvalue weighted by atomic mass is 31.1. The van der Waals surface area contributed by atoms with Crippen LogP contribution in [0.2, 0.25) is 0 Å². The smallest absolute Gasteiger partial charge is 0.418 e. The lowest BCUT2D eigenvalue weighted by molar-refractivity contribution is -0.143. The van der Waals surface area contributed by atoms with E-state index in [1.165, 1.54) is 0 Å². The maximum atomic E-state index is 12.6. The van der Waals surface area contributed by atoms with Crippen molar-refractivity contribution in [3.05, 3.63) is 85.0 Å². The molecule has 2 aromatic carbocycles. The Morgan fingerprint density at radius 1 is 0.800 bits per heavy atom. The van der Waals surface area contributed by atoms with Gasteiger partial charge in [-0.2, -0.15) is 0 Å². The second kappa shape index (κ2) is 11.0. The van der Waals surface area contributed by atoms with Gasteiger partial charge in [0.2, 0.25) is 0 Å². The minimum atomic E-state index is -3.04. The van der Waals surface area contributed by atoms with E-state index in [-0.39, 0.29) is 11.5 Å².